The van der Waals surface area contributed by atoms with Crippen LogP contribution in [0.2, 0.25) is 0 Å². The molecule has 1 heterocycles. The van der Waals surface area contributed by atoms with Crippen LogP contribution in [0.3, 0.4) is 0 Å². The first kappa shape index (κ1) is 15.8. The standard InChI is InChI=1S/C15H22N2O4/c1-20-13-5-3-2-4-12(13)10-17(7-8-18)14(19)15(16)6-9-21-11-15/h2-5,18H,6-11,16H2,1H3. The van der Waals surface area contributed by atoms with E-state index in [1.54, 1.807) is 12.0 Å². The summed E-state index contributed by atoms with van der Waals surface area (Å²) in [5, 5.41) is 9.22. The second kappa shape index (κ2) is 6.89. The minimum absolute atomic E-state index is 0.113. The predicted molar refractivity (Wildman–Crippen MR) is 77.9 cm³/mol. The van der Waals surface area contributed by atoms with Crippen LogP contribution in [0, 0.1) is 0 Å². The van der Waals surface area contributed by atoms with Crippen molar-refractivity contribution in [2.24, 2.45) is 5.73 Å². The number of benzene rings is 1. The van der Waals surface area contributed by atoms with Gasteiger partial charge in [0, 0.05) is 25.3 Å². The molecule has 6 nitrogen and oxygen atoms in total. The molecule has 1 aliphatic heterocycles. The van der Waals surface area contributed by atoms with Crippen LogP contribution >= 0.6 is 0 Å². The summed E-state index contributed by atoms with van der Waals surface area (Å²) < 4.78 is 10.5. The second-order valence-electron chi connectivity index (χ2n) is 5.22. The molecule has 1 saturated heterocycles. The predicted octanol–water partition coefficient (Wildman–Crippen LogP) is 0.134. The maximum Gasteiger partial charge on any atom is 0.245 e. The fraction of sp³-hybridized carbons (Fsp3) is 0.533. The van der Waals surface area contributed by atoms with Gasteiger partial charge < -0.3 is 25.2 Å². The Morgan fingerprint density at radius 1 is 1.52 bits per heavy atom. The van der Waals surface area contributed by atoms with Gasteiger partial charge >= 0.3 is 0 Å². The lowest BCUT2D eigenvalue weighted by Gasteiger charge is -2.30. The lowest BCUT2D eigenvalue weighted by Crippen LogP contribution is -2.56. The molecular weight excluding hydrogens is 272 g/mol. The first-order valence-corrected chi connectivity index (χ1v) is 6.99. The lowest BCUT2D eigenvalue weighted by atomic mass is 9.98. The molecule has 0 aromatic heterocycles. The molecule has 1 aromatic rings. The number of aliphatic hydroxyl groups is 1. The quantitative estimate of drug-likeness (QED) is 0.779. The van der Waals surface area contributed by atoms with E-state index in [9.17, 15) is 9.90 Å². The molecule has 6 heteroatoms. The number of carbonyl (C=O) groups is 1. The monoisotopic (exact) mass is 294 g/mol. The van der Waals surface area contributed by atoms with Crippen LogP contribution < -0.4 is 10.5 Å². The zero-order chi connectivity index (χ0) is 15.3. The van der Waals surface area contributed by atoms with Crippen molar-refractivity contribution in [2.45, 2.75) is 18.5 Å². The fourth-order valence-electron chi connectivity index (χ4n) is 2.48. The van der Waals surface area contributed by atoms with Crippen molar-refractivity contribution < 1.29 is 19.4 Å². The van der Waals surface area contributed by atoms with E-state index >= 15 is 0 Å². The van der Waals surface area contributed by atoms with Gasteiger partial charge in [-0.05, 0) is 12.5 Å². The Kier molecular flexibility index (Phi) is 5.17. The van der Waals surface area contributed by atoms with Gasteiger partial charge in [-0.3, -0.25) is 4.79 Å². The highest BCUT2D eigenvalue weighted by Gasteiger charge is 2.41. The average Bonchev–Trinajstić information content (AvgIpc) is 2.94. The second-order valence-corrected chi connectivity index (χ2v) is 5.22. The summed E-state index contributed by atoms with van der Waals surface area (Å²) in [5.41, 5.74) is 6.02. The highest BCUT2D eigenvalue weighted by atomic mass is 16.5. The summed E-state index contributed by atoms with van der Waals surface area (Å²) in [5.74, 6) is 0.516. The molecule has 0 saturated carbocycles. The van der Waals surface area contributed by atoms with Crippen molar-refractivity contribution in [3.05, 3.63) is 29.8 Å². The number of methoxy groups -OCH3 is 1. The van der Waals surface area contributed by atoms with E-state index in [0.717, 1.165) is 5.56 Å². The van der Waals surface area contributed by atoms with Gasteiger partial charge in [0.05, 0.1) is 20.3 Å². The topological polar surface area (TPSA) is 85.0 Å². The number of amides is 1. The molecule has 0 aliphatic carbocycles. The van der Waals surface area contributed by atoms with Gasteiger partial charge in [0.15, 0.2) is 0 Å². The SMILES string of the molecule is COc1ccccc1CN(CCO)C(=O)C1(N)CCOC1. The van der Waals surface area contributed by atoms with Gasteiger partial charge in [-0.15, -0.1) is 0 Å². The summed E-state index contributed by atoms with van der Waals surface area (Å²) >= 11 is 0. The molecule has 21 heavy (non-hydrogen) atoms. The molecule has 1 atom stereocenters. The van der Waals surface area contributed by atoms with E-state index in [4.69, 9.17) is 15.2 Å². The summed E-state index contributed by atoms with van der Waals surface area (Å²) in [4.78, 5) is 14.2. The van der Waals surface area contributed by atoms with Crippen molar-refractivity contribution in [3.8, 4) is 5.75 Å². The van der Waals surface area contributed by atoms with Crippen molar-refractivity contribution in [2.75, 3.05) is 33.5 Å². The van der Waals surface area contributed by atoms with E-state index in [2.05, 4.69) is 0 Å². The molecule has 1 aromatic carbocycles. The van der Waals surface area contributed by atoms with Crippen molar-refractivity contribution in [1.29, 1.82) is 0 Å². The Morgan fingerprint density at radius 3 is 2.90 bits per heavy atom. The smallest absolute Gasteiger partial charge is 0.245 e. The Balaban J connectivity index is 2.17. The largest absolute Gasteiger partial charge is 0.496 e. The van der Waals surface area contributed by atoms with Crippen LogP contribution in [-0.4, -0.2) is 54.9 Å². The van der Waals surface area contributed by atoms with Crippen LogP contribution in [0.25, 0.3) is 0 Å². The molecule has 2 rings (SSSR count). The van der Waals surface area contributed by atoms with Gasteiger partial charge in [-0.2, -0.15) is 0 Å². The number of para-hydroxylation sites is 1. The Hall–Kier alpha value is -1.63. The Labute approximate surface area is 124 Å². The third kappa shape index (κ3) is 3.53. The summed E-state index contributed by atoms with van der Waals surface area (Å²) in [7, 11) is 1.59. The number of carbonyl (C=O) groups excluding carboxylic acids is 1. The third-order valence-corrected chi connectivity index (χ3v) is 3.69. The molecule has 1 amide bonds. The zero-order valence-electron chi connectivity index (χ0n) is 12.2. The summed E-state index contributed by atoms with van der Waals surface area (Å²) in [6, 6.07) is 7.49. The number of nitrogens with zero attached hydrogens (tertiary/aromatic N) is 1. The first-order valence-electron chi connectivity index (χ1n) is 6.99. The highest BCUT2D eigenvalue weighted by molar-refractivity contribution is 5.86. The van der Waals surface area contributed by atoms with Crippen LogP contribution in [0.5, 0.6) is 5.75 Å². The van der Waals surface area contributed by atoms with Gasteiger partial charge in [-0.25, -0.2) is 0 Å². The molecule has 1 fully saturated rings. The van der Waals surface area contributed by atoms with E-state index in [-0.39, 0.29) is 25.7 Å². The van der Waals surface area contributed by atoms with E-state index in [1.807, 2.05) is 24.3 Å². The number of nitrogens with two attached hydrogens (primary N) is 1. The molecule has 1 aliphatic rings. The molecule has 0 spiro atoms. The number of hydrogen-bond donors (Lipinski definition) is 2. The number of aliphatic hydroxyl groups excluding tert-OH is 1. The summed E-state index contributed by atoms with van der Waals surface area (Å²) in [6.45, 7) is 1.18. The van der Waals surface area contributed by atoms with E-state index < -0.39 is 5.54 Å². The average molecular weight is 294 g/mol. The lowest BCUT2D eigenvalue weighted by molar-refractivity contribution is -0.138. The van der Waals surface area contributed by atoms with Gasteiger partial charge in [-0.1, -0.05) is 18.2 Å². The molecule has 116 valence electrons. The number of hydrogen-bond acceptors (Lipinski definition) is 5. The zero-order valence-corrected chi connectivity index (χ0v) is 12.2. The van der Waals surface area contributed by atoms with Gasteiger partial charge in [0.1, 0.15) is 11.3 Å². The third-order valence-electron chi connectivity index (χ3n) is 3.69. The van der Waals surface area contributed by atoms with E-state index in [1.165, 1.54) is 0 Å². The van der Waals surface area contributed by atoms with Gasteiger partial charge in [0.2, 0.25) is 5.91 Å². The molecule has 1 unspecified atom stereocenters. The van der Waals surface area contributed by atoms with Crippen LogP contribution in [0.1, 0.15) is 12.0 Å². The van der Waals surface area contributed by atoms with E-state index in [0.29, 0.717) is 25.3 Å². The van der Waals surface area contributed by atoms with Gasteiger partial charge in [0.25, 0.3) is 0 Å². The van der Waals surface area contributed by atoms with Crippen LogP contribution in [-0.2, 0) is 16.1 Å². The molecule has 3 N–H and O–H groups in total. The number of ether oxygens (including phenoxy) is 2. The normalized spacial score (nSPS) is 21.3. The maximum atomic E-state index is 12.6. The highest BCUT2D eigenvalue weighted by Crippen LogP contribution is 2.23. The van der Waals surface area contributed by atoms with Crippen molar-refractivity contribution in [1.82, 2.24) is 4.90 Å². The number of rotatable bonds is 6. The minimum atomic E-state index is -0.989. The first-order chi connectivity index (χ1) is 10.1. The fourth-order valence-corrected chi connectivity index (χ4v) is 2.48. The minimum Gasteiger partial charge on any atom is -0.496 e. The molecule has 0 bridgehead atoms. The Morgan fingerprint density at radius 2 is 2.29 bits per heavy atom. The maximum absolute atomic E-state index is 12.6. The molecule has 0 radical (unpaired) electrons. The van der Waals surface area contributed by atoms with Crippen LogP contribution in [0.4, 0.5) is 0 Å². The van der Waals surface area contributed by atoms with Crippen molar-refractivity contribution in [3.63, 3.8) is 0 Å². The van der Waals surface area contributed by atoms with Crippen LogP contribution in [0.15, 0.2) is 24.3 Å². The molecular formula is C15H22N2O4. The summed E-state index contributed by atoms with van der Waals surface area (Å²) in [6.07, 6.45) is 0.500. The van der Waals surface area contributed by atoms with Crippen molar-refractivity contribution >= 4 is 5.91 Å². The Bertz CT molecular complexity index is 486.